The number of piperidine rings is 1. The number of thiazole rings is 1. The second-order valence-electron chi connectivity index (χ2n) is 6.35. The van der Waals surface area contributed by atoms with Crippen LogP contribution >= 0.6 is 11.3 Å². The number of benzene rings is 1. The summed E-state index contributed by atoms with van der Waals surface area (Å²) >= 11 is 1.73. The fraction of sp³-hybridized carbons (Fsp3) is 0.368. The van der Waals surface area contributed by atoms with Gasteiger partial charge < -0.3 is 10.0 Å². The van der Waals surface area contributed by atoms with Crippen LogP contribution in [0.5, 0.6) is 0 Å². The summed E-state index contributed by atoms with van der Waals surface area (Å²) in [6.45, 7) is 2.73. The van der Waals surface area contributed by atoms with Gasteiger partial charge in [-0.2, -0.15) is 5.10 Å². The molecule has 2 aromatic heterocycles. The molecule has 1 N–H and O–H groups in total. The lowest BCUT2D eigenvalue weighted by atomic mass is 9.93. The van der Waals surface area contributed by atoms with Crippen LogP contribution in [-0.2, 0) is 6.54 Å². The summed E-state index contributed by atoms with van der Waals surface area (Å²) in [5.41, 5.74) is 3.48. The summed E-state index contributed by atoms with van der Waals surface area (Å²) in [5.74, 6) is 0.513. The molecule has 1 aliphatic rings. The monoisotopic (exact) mass is 354 g/mol. The third kappa shape index (κ3) is 3.45. The first kappa shape index (κ1) is 16.3. The van der Waals surface area contributed by atoms with Gasteiger partial charge >= 0.3 is 0 Å². The largest absolute Gasteiger partial charge is 0.394 e. The number of aromatic nitrogens is 3. The highest BCUT2D eigenvalue weighted by Crippen LogP contribution is 2.33. The quantitative estimate of drug-likeness (QED) is 0.763. The molecular weight excluding hydrogens is 332 g/mol. The van der Waals surface area contributed by atoms with E-state index in [-0.39, 0.29) is 6.61 Å². The maximum atomic E-state index is 9.17. The van der Waals surface area contributed by atoms with Crippen LogP contribution in [0.1, 0.15) is 24.5 Å². The van der Waals surface area contributed by atoms with Gasteiger partial charge in [-0.1, -0.05) is 30.3 Å². The van der Waals surface area contributed by atoms with Gasteiger partial charge in [0.05, 0.1) is 18.8 Å². The van der Waals surface area contributed by atoms with Crippen molar-refractivity contribution >= 4 is 16.5 Å². The van der Waals surface area contributed by atoms with E-state index in [0.29, 0.717) is 12.5 Å². The van der Waals surface area contributed by atoms with Gasteiger partial charge in [-0.25, -0.2) is 4.98 Å². The van der Waals surface area contributed by atoms with Gasteiger partial charge in [0, 0.05) is 41.8 Å². The first-order valence-electron chi connectivity index (χ1n) is 8.73. The lowest BCUT2D eigenvalue weighted by Gasteiger charge is -2.32. The zero-order chi connectivity index (χ0) is 17.1. The Morgan fingerprint density at radius 1 is 1.12 bits per heavy atom. The first-order valence-corrected chi connectivity index (χ1v) is 9.61. The third-order valence-electron chi connectivity index (χ3n) is 4.81. The van der Waals surface area contributed by atoms with E-state index in [9.17, 15) is 5.11 Å². The smallest absolute Gasteiger partial charge is 0.185 e. The summed E-state index contributed by atoms with van der Waals surface area (Å²) in [7, 11) is 0. The summed E-state index contributed by atoms with van der Waals surface area (Å²) in [4.78, 5) is 7.22. The van der Waals surface area contributed by atoms with Gasteiger partial charge in [0.25, 0.3) is 0 Å². The molecule has 1 fully saturated rings. The fourth-order valence-electron chi connectivity index (χ4n) is 3.49. The Hall–Kier alpha value is -2.18. The summed E-state index contributed by atoms with van der Waals surface area (Å²) < 4.78 is 1.94. The minimum atomic E-state index is 0.134. The van der Waals surface area contributed by atoms with Crippen molar-refractivity contribution in [2.75, 3.05) is 24.6 Å². The molecule has 0 atom stereocenters. The third-order valence-corrected chi connectivity index (χ3v) is 5.71. The molecule has 0 aliphatic carbocycles. The average Bonchev–Trinajstić information content (AvgIpc) is 3.33. The van der Waals surface area contributed by atoms with Gasteiger partial charge in [-0.15, -0.1) is 11.3 Å². The SMILES string of the molecule is OCCn1nccc1C1CCN(c2nc(-c3ccccc3)cs2)CC1. The number of hydrogen-bond acceptors (Lipinski definition) is 5. The second kappa shape index (κ2) is 7.37. The Bertz CT molecular complexity index is 806. The molecule has 25 heavy (non-hydrogen) atoms. The Morgan fingerprint density at radius 2 is 1.92 bits per heavy atom. The van der Waals surface area contributed by atoms with Crippen LogP contribution in [0.3, 0.4) is 0 Å². The predicted molar refractivity (Wildman–Crippen MR) is 101 cm³/mol. The van der Waals surface area contributed by atoms with E-state index in [4.69, 9.17) is 4.98 Å². The van der Waals surface area contributed by atoms with E-state index in [1.54, 1.807) is 11.3 Å². The molecule has 0 saturated carbocycles. The lowest BCUT2D eigenvalue weighted by molar-refractivity contribution is 0.265. The highest BCUT2D eigenvalue weighted by molar-refractivity contribution is 7.14. The van der Waals surface area contributed by atoms with Crippen molar-refractivity contribution in [3.05, 3.63) is 53.7 Å². The molecule has 3 aromatic rings. The normalized spacial score (nSPS) is 15.6. The Morgan fingerprint density at radius 3 is 2.68 bits per heavy atom. The van der Waals surface area contributed by atoms with E-state index in [1.807, 2.05) is 16.9 Å². The molecule has 0 spiro atoms. The Balaban J connectivity index is 1.42. The minimum Gasteiger partial charge on any atom is -0.394 e. The number of nitrogens with zero attached hydrogens (tertiary/aromatic N) is 4. The van der Waals surface area contributed by atoms with E-state index in [2.05, 4.69) is 45.7 Å². The van der Waals surface area contributed by atoms with E-state index in [1.165, 1.54) is 11.3 Å². The average molecular weight is 354 g/mol. The Kier molecular flexibility index (Phi) is 4.81. The van der Waals surface area contributed by atoms with E-state index < -0.39 is 0 Å². The van der Waals surface area contributed by atoms with Crippen molar-refractivity contribution < 1.29 is 5.11 Å². The highest BCUT2D eigenvalue weighted by Gasteiger charge is 2.24. The van der Waals surface area contributed by atoms with Crippen molar-refractivity contribution in [3.8, 4) is 11.3 Å². The number of rotatable bonds is 5. The molecular formula is C19H22N4OS. The van der Waals surface area contributed by atoms with Crippen LogP contribution in [0.4, 0.5) is 5.13 Å². The van der Waals surface area contributed by atoms with Crippen molar-refractivity contribution in [1.82, 2.24) is 14.8 Å². The molecule has 130 valence electrons. The molecule has 4 rings (SSSR count). The first-order chi connectivity index (χ1) is 12.3. The molecule has 5 nitrogen and oxygen atoms in total. The molecule has 0 unspecified atom stereocenters. The number of anilines is 1. The minimum absolute atomic E-state index is 0.134. The van der Waals surface area contributed by atoms with Gasteiger partial charge in [0.1, 0.15) is 0 Å². The molecule has 0 bridgehead atoms. The number of aliphatic hydroxyl groups excluding tert-OH is 1. The fourth-order valence-corrected chi connectivity index (χ4v) is 4.38. The second-order valence-corrected chi connectivity index (χ2v) is 7.18. The standard InChI is InChI=1S/C19H22N4OS/c24-13-12-23-18(6-9-20-23)16-7-10-22(11-8-16)19-21-17(14-25-19)15-4-2-1-3-5-15/h1-6,9,14,16,24H,7-8,10-13H2. The zero-order valence-electron chi connectivity index (χ0n) is 14.1. The van der Waals surface area contributed by atoms with Crippen molar-refractivity contribution in [2.45, 2.75) is 25.3 Å². The number of aliphatic hydroxyl groups is 1. The van der Waals surface area contributed by atoms with E-state index in [0.717, 1.165) is 36.8 Å². The molecule has 1 aromatic carbocycles. The summed E-state index contributed by atoms with van der Waals surface area (Å²) in [6.07, 6.45) is 4.03. The molecule has 1 saturated heterocycles. The van der Waals surface area contributed by atoms with Crippen LogP contribution in [0.15, 0.2) is 48.0 Å². The van der Waals surface area contributed by atoms with Crippen LogP contribution in [0.25, 0.3) is 11.3 Å². The maximum absolute atomic E-state index is 9.17. The molecule has 3 heterocycles. The van der Waals surface area contributed by atoms with Gasteiger partial charge in [-0.05, 0) is 18.9 Å². The molecule has 0 radical (unpaired) electrons. The van der Waals surface area contributed by atoms with E-state index >= 15 is 0 Å². The molecule has 6 heteroatoms. The summed E-state index contributed by atoms with van der Waals surface area (Å²) in [6, 6.07) is 12.4. The van der Waals surface area contributed by atoms with Crippen LogP contribution < -0.4 is 4.90 Å². The van der Waals surface area contributed by atoms with Crippen molar-refractivity contribution in [2.24, 2.45) is 0 Å². The molecule has 1 aliphatic heterocycles. The predicted octanol–water partition coefficient (Wildman–Crippen LogP) is 3.38. The Labute approximate surface area is 151 Å². The van der Waals surface area contributed by atoms with Gasteiger partial charge in [0.15, 0.2) is 5.13 Å². The van der Waals surface area contributed by atoms with Crippen molar-refractivity contribution in [3.63, 3.8) is 0 Å². The molecule has 0 amide bonds. The van der Waals surface area contributed by atoms with Gasteiger partial charge in [0.2, 0.25) is 0 Å². The lowest BCUT2D eigenvalue weighted by Crippen LogP contribution is -2.33. The summed E-state index contributed by atoms with van der Waals surface area (Å²) in [5, 5.41) is 16.8. The van der Waals surface area contributed by atoms with Crippen LogP contribution in [0, 0.1) is 0 Å². The topological polar surface area (TPSA) is 54.2 Å². The van der Waals surface area contributed by atoms with Gasteiger partial charge in [-0.3, -0.25) is 4.68 Å². The highest BCUT2D eigenvalue weighted by atomic mass is 32.1. The number of hydrogen-bond donors (Lipinski definition) is 1. The van der Waals surface area contributed by atoms with Crippen LogP contribution in [-0.4, -0.2) is 39.6 Å². The van der Waals surface area contributed by atoms with Crippen LogP contribution in [0.2, 0.25) is 0 Å². The maximum Gasteiger partial charge on any atom is 0.185 e. The zero-order valence-corrected chi connectivity index (χ0v) is 14.9. The van der Waals surface area contributed by atoms with Crippen molar-refractivity contribution in [1.29, 1.82) is 0 Å².